The number of nitrogens with zero attached hydrogens (tertiary/aromatic N) is 1. The van der Waals surface area contributed by atoms with Crippen LogP contribution in [0.3, 0.4) is 0 Å². The molecular formula is C21H29NOS2. The summed E-state index contributed by atoms with van der Waals surface area (Å²) in [7, 11) is 0. The van der Waals surface area contributed by atoms with E-state index in [1.165, 1.54) is 29.1 Å². The Morgan fingerprint density at radius 2 is 1.92 bits per heavy atom. The fourth-order valence-corrected chi connectivity index (χ4v) is 4.78. The number of hydrogen-bond donors (Lipinski definition) is 1. The SMILES string of the molecule is CC.CCC[C@@H]1CSc2cc(O)c(SC)cc2N(c2ccccc2)C1. The van der Waals surface area contributed by atoms with Crippen LogP contribution in [-0.4, -0.2) is 23.7 Å². The van der Waals surface area contributed by atoms with Crippen LogP contribution in [0.5, 0.6) is 5.75 Å². The van der Waals surface area contributed by atoms with Crippen molar-refractivity contribution in [3.63, 3.8) is 0 Å². The van der Waals surface area contributed by atoms with E-state index >= 15 is 0 Å². The van der Waals surface area contributed by atoms with Gasteiger partial charge in [-0.1, -0.05) is 45.4 Å². The zero-order valence-electron chi connectivity index (χ0n) is 15.7. The molecule has 25 heavy (non-hydrogen) atoms. The zero-order chi connectivity index (χ0) is 18.2. The molecule has 0 saturated carbocycles. The second-order valence-corrected chi connectivity index (χ2v) is 7.81. The monoisotopic (exact) mass is 375 g/mol. The highest BCUT2D eigenvalue weighted by Gasteiger charge is 2.24. The molecule has 136 valence electrons. The lowest BCUT2D eigenvalue weighted by Crippen LogP contribution is -2.25. The summed E-state index contributed by atoms with van der Waals surface area (Å²) in [4.78, 5) is 4.55. The first-order valence-electron chi connectivity index (χ1n) is 9.09. The minimum atomic E-state index is 0.394. The summed E-state index contributed by atoms with van der Waals surface area (Å²) >= 11 is 3.48. The predicted octanol–water partition coefficient (Wildman–Crippen LogP) is 6.80. The van der Waals surface area contributed by atoms with Crippen LogP contribution < -0.4 is 4.90 Å². The Morgan fingerprint density at radius 1 is 1.20 bits per heavy atom. The molecule has 3 rings (SSSR count). The van der Waals surface area contributed by atoms with Gasteiger partial charge in [-0.2, -0.15) is 0 Å². The van der Waals surface area contributed by atoms with Crippen LogP contribution in [0.15, 0.2) is 52.3 Å². The maximum Gasteiger partial charge on any atom is 0.130 e. The molecule has 1 aliphatic rings. The van der Waals surface area contributed by atoms with E-state index in [1.54, 1.807) is 11.8 Å². The molecule has 0 amide bonds. The number of phenolic OH excluding ortho intramolecular Hbond substituents is 1. The fourth-order valence-electron chi connectivity index (χ4n) is 3.08. The lowest BCUT2D eigenvalue weighted by atomic mass is 10.0. The van der Waals surface area contributed by atoms with Gasteiger partial charge in [0.25, 0.3) is 0 Å². The molecule has 0 fully saturated rings. The molecule has 0 aromatic heterocycles. The Kier molecular flexibility index (Phi) is 8.04. The Hall–Kier alpha value is -1.26. The number of thioether (sulfide) groups is 2. The average molecular weight is 376 g/mol. The lowest BCUT2D eigenvalue weighted by molar-refractivity contribution is 0.461. The van der Waals surface area contributed by atoms with Gasteiger partial charge < -0.3 is 10.0 Å². The van der Waals surface area contributed by atoms with Crippen molar-refractivity contribution in [2.75, 3.05) is 23.5 Å². The third-order valence-electron chi connectivity index (χ3n) is 4.23. The predicted molar refractivity (Wildman–Crippen MR) is 114 cm³/mol. The summed E-state index contributed by atoms with van der Waals surface area (Å²) in [6, 6.07) is 14.7. The van der Waals surface area contributed by atoms with E-state index < -0.39 is 0 Å². The topological polar surface area (TPSA) is 23.5 Å². The number of fused-ring (bicyclic) bond motifs is 1. The van der Waals surface area contributed by atoms with Crippen LogP contribution in [0.1, 0.15) is 33.6 Å². The van der Waals surface area contributed by atoms with Gasteiger partial charge in [-0.25, -0.2) is 0 Å². The van der Waals surface area contributed by atoms with Crippen LogP contribution in [0.4, 0.5) is 11.4 Å². The van der Waals surface area contributed by atoms with Gasteiger partial charge in [-0.15, -0.1) is 23.5 Å². The Morgan fingerprint density at radius 3 is 2.56 bits per heavy atom. The summed E-state index contributed by atoms with van der Waals surface area (Å²) in [5.74, 6) is 2.17. The van der Waals surface area contributed by atoms with Crippen molar-refractivity contribution in [3.05, 3.63) is 42.5 Å². The standard InChI is InChI=1S/C19H23NOS2.C2H6/c1-3-7-14-12-20(15-8-5-4-6-9-15)16-10-19(22-2)17(21)11-18(16)23-13-14;1-2/h4-6,8-11,14,21H,3,7,12-13H2,1-2H3;1-2H3/t14-;/m0./s1. The van der Waals surface area contributed by atoms with Crippen molar-refractivity contribution >= 4 is 34.9 Å². The van der Waals surface area contributed by atoms with E-state index in [9.17, 15) is 5.11 Å². The minimum absolute atomic E-state index is 0.394. The first kappa shape index (κ1) is 20.1. The lowest BCUT2D eigenvalue weighted by Gasteiger charge is -2.28. The Labute approximate surface area is 161 Å². The molecule has 2 nitrogen and oxygen atoms in total. The van der Waals surface area contributed by atoms with Gasteiger partial charge in [0.05, 0.1) is 10.6 Å². The number of rotatable bonds is 4. The second kappa shape index (κ2) is 10.0. The van der Waals surface area contributed by atoms with E-state index in [4.69, 9.17) is 0 Å². The first-order valence-corrected chi connectivity index (χ1v) is 11.3. The maximum atomic E-state index is 10.2. The third-order valence-corrected chi connectivity index (χ3v) is 6.27. The van der Waals surface area contributed by atoms with Gasteiger partial charge in [0.2, 0.25) is 0 Å². The molecule has 1 heterocycles. The molecule has 0 saturated heterocycles. The van der Waals surface area contributed by atoms with Gasteiger partial charge >= 0.3 is 0 Å². The first-order chi connectivity index (χ1) is 12.2. The Bertz CT molecular complexity index is 660. The smallest absolute Gasteiger partial charge is 0.130 e. The Balaban J connectivity index is 0.00000109. The summed E-state index contributed by atoms with van der Waals surface area (Å²) in [5.41, 5.74) is 2.46. The van der Waals surface area contributed by atoms with Gasteiger partial charge in [0, 0.05) is 22.9 Å². The van der Waals surface area contributed by atoms with Crippen molar-refractivity contribution in [2.45, 2.75) is 43.4 Å². The number of benzene rings is 2. The molecule has 0 aliphatic carbocycles. The molecule has 1 aliphatic heterocycles. The summed E-state index contributed by atoms with van der Waals surface area (Å²) < 4.78 is 0. The zero-order valence-corrected chi connectivity index (χ0v) is 17.3. The number of hydrogen-bond acceptors (Lipinski definition) is 4. The van der Waals surface area contributed by atoms with E-state index in [0.717, 1.165) is 17.2 Å². The van der Waals surface area contributed by atoms with Crippen molar-refractivity contribution in [2.24, 2.45) is 5.92 Å². The summed E-state index contributed by atoms with van der Waals surface area (Å²) in [6.07, 6.45) is 4.47. The largest absolute Gasteiger partial charge is 0.507 e. The average Bonchev–Trinajstić information content (AvgIpc) is 2.83. The summed E-state index contributed by atoms with van der Waals surface area (Å²) in [5, 5.41) is 10.2. The fraction of sp³-hybridized carbons (Fsp3) is 0.429. The van der Waals surface area contributed by atoms with Crippen LogP contribution in [0, 0.1) is 5.92 Å². The second-order valence-electron chi connectivity index (χ2n) is 5.90. The van der Waals surface area contributed by atoms with Crippen molar-refractivity contribution in [1.82, 2.24) is 0 Å². The van der Waals surface area contributed by atoms with E-state index in [-0.39, 0.29) is 0 Å². The molecule has 2 aromatic carbocycles. The van der Waals surface area contributed by atoms with Gasteiger partial charge in [0.15, 0.2) is 0 Å². The van der Waals surface area contributed by atoms with Gasteiger partial charge in [-0.3, -0.25) is 0 Å². The van der Waals surface area contributed by atoms with E-state index in [2.05, 4.69) is 48.2 Å². The van der Waals surface area contributed by atoms with Crippen LogP contribution in [0.25, 0.3) is 0 Å². The molecule has 4 heteroatoms. The van der Waals surface area contributed by atoms with Crippen molar-refractivity contribution < 1.29 is 5.11 Å². The van der Waals surface area contributed by atoms with Gasteiger partial charge in [-0.05, 0) is 42.9 Å². The normalized spacial score (nSPS) is 16.5. The van der Waals surface area contributed by atoms with Crippen LogP contribution >= 0.6 is 23.5 Å². The molecule has 0 spiro atoms. The third kappa shape index (κ3) is 4.89. The van der Waals surface area contributed by atoms with Gasteiger partial charge in [0.1, 0.15) is 5.75 Å². The van der Waals surface area contributed by atoms with Crippen LogP contribution in [0.2, 0.25) is 0 Å². The van der Waals surface area contributed by atoms with E-state index in [0.29, 0.717) is 11.7 Å². The highest BCUT2D eigenvalue weighted by Crippen LogP contribution is 2.44. The maximum absolute atomic E-state index is 10.2. The number of phenols is 1. The molecule has 2 aromatic rings. The molecule has 0 radical (unpaired) electrons. The molecule has 0 unspecified atom stereocenters. The minimum Gasteiger partial charge on any atom is -0.507 e. The number of para-hydroxylation sites is 1. The van der Waals surface area contributed by atoms with E-state index in [1.807, 2.05) is 37.9 Å². The highest BCUT2D eigenvalue weighted by atomic mass is 32.2. The molecule has 0 bridgehead atoms. The van der Waals surface area contributed by atoms with Crippen molar-refractivity contribution in [1.29, 1.82) is 0 Å². The van der Waals surface area contributed by atoms with Crippen LogP contribution in [-0.2, 0) is 0 Å². The highest BCUT2D eigenvalue weighted by molar-refractivity contribution is 7.99. The molecule has 1 atom stereocenters. The quantitative estimate of drug-likeness (QED) is 0.594. The number of aromatic hydroxyl groups is 1. The molecule has 1 N–H and O–H groups in total. The number of anilines is 2. The van der Waals surface area contributed by atoms with Crippen molar-refractivity contribution in [3.8, 4) is 5.75 Å². The molecular weight excluding hydrogens is 346 g/mol. The summed E-state index contributed by atoms with van der Waals surface area (Å²) in [6.45, 7) is 7.30.